The first-order valence-electron chi connectivity index (χ1n) is 8.49. The Bertz CT molecular complexity index is 1380. The van der Waals surface area contributed by atoms with E-state index in [-0.39, 0.29) is 23.0 Å². The van der Waals surface area contributed by atoms with Crippen molar-refractivity contribution in [2.24, 2.45) is 0 Å². The number of imidazole rings is 1. The number of carbonyl (C=O) groups is 1. The Morgan fingerprint density at radius 1 is 1.14 bits per heavy atom. The number of ketones is 1. The highest BCUT2D eigenvalue weighted by molar-refractivity contribution is 7.86. The standard InChI is InChI=1S/C19H17N3O6S/c1-9(23)17-12-7-14-15(8-13(12)22-19(17)24)21-18(20-14)11-5-4-10(6-16(11)27-2)28-29(3,25)26/h4-8,22,24H,1-3H3,(H,20,21). The molecule has 0 amide bonds. The number of aromatic nitrogens is 3. The van der Waals surface area contributed by atoms with Gasteiger partial charge in [0.2, 0.25) is 5.88 Å². The summed E-state index contributed by atoms with van der Waals surface area (Å²) < 4.78 is 32.9. The van der Waals surface area contributed by atoms with Gasteiger partial charge in [-0.3, -0.25) is 4.79 Å². The first-order chi connectivity index (χ1) is 13.7. The van der Waals surface area contributed by atoms with Gasteiger partial charge in [-0.1, -0.05) is 0 Å². The topological polar surface area (TPSA) is 134 Å². The van der Waals surface area contributed by atoms with Crippen LogP contribution in [0.5, 0.6) is 17.4 Å². The Morgan fingerprint density at radius 2 is 1.90 bits per heavy atom. The van der Waals surface area contributed by atoms with Crippen molar-refractivity contribution in [1.82, 2.24) is 15.0 Å². The summed E-state index contributed by atoms with van der Waals surface area (Å²) in [7, 11) is -2.21. The summed E-state index contributed by atoms with van der Waals surface area (Å²) in [4.78, 5) is 22.3. The van der Waals surface area contributed by atoms with Gasteiger partial charge in [-0.15, -0.1) is 0 Å². The average Bonchev–Trinajstić information content (AvgIpc) is 3.16. The van der Waals surface area contributed by atoms with Crippen molar-refractivity contribution >= 4 is 37.8 Å². The summed E-state index contributed by atoms with van der Waals surface area (Å²) in [5.74, 6) is 0.556. The summed E-state index contributed by atoms with van der Waals surface area (Å²) in [6, 6.07) is 8.06. The number of hydrogen-bond donors (Lipinski definition) is 3. The van der Waals surface area contributed by atoms with Crippen LogP contribution in [0, 0.1) is 0 Å². The third-order valence-electron chi connectivity index (χ3n) is 4.41. The van der Waals surface area contributed by atoms with Crippen LogP contribution in [0.1, 0.15) is 17.3 Å². The third kappa shape index (κ3) is 3.38. The summed E-state index contributed by atoms with van der Waals surface area (Å²) in [6.45, 7) is 1.38. The average molecular weight is 415 g/mol. The van der Waals surface area contributed by atoms with Gasteiger partial charge < -0.3 is 24.0 Å². The third-order valence-corrected chi connectivity index (χ3v) is 4.90. The lowest BCUT2D eigenvalue weighted by atomic mass is 10.1. The molecule has 0 atom stereocenters. The second-order valence-corrected chi connectivity index (χ2v) is 8.13. The molecule has 0 saturated heterocycles. The second-order valence-electron chi connectivity index (χ2n) is 6.55. The number of aromatic hydroxyl groups is 1. The van der Waals surface area contributed by atoms with Gasteiger partial charge in [0, 0.05) is 11.5 Å². The van der Waals surface area contributed by atoms with Gasteiger partial charge in [0.15, 0.2) is 5.78 Å². The van der Waals surface area contributed by atoms with Crippen molar-refractivity contribution in [3.05, 3.63) is 35.9 Å². The summed E-state index contributed by atoms with van der Waals surface area (Å²) >= 11 is 0. The van der Waals surface area contributed by atoms with Crippen LogP contribution in [0.4, 0.5) is 0 Å². The van der Waals surface area contributed by atoms with Crippen LogP contribution in [0.2, 0.25) is 0 Å². The number of methoxy groups -OCH3 is 1. The fraction of sp³-hybridized carbons (Fsp3) is 0.158. The molecule has 2 aromatic carbocycles. The van der Waals surface area contributed by atoms with Gasteiger partial charge in [-0.2, -0.15) is 8.42 Å². The number of Topliss-reactive ketones (excluding diaryl/α,β-unsaturated/α-hetero) is 1. The molecule has 4 aromatic rings. The van der Waals surface area contributed by atoms with E-state index in [0.717, 1.165) is 6.26 Å². The maximum Gasteiger partial charge on any atom is 0.306 e. The predicted molar refractivity (Wildman–Crippen MR) is 107 cm³/mol. The zero-order valence-corrected chi connectivity index (χ0v) is 16.5. The maximum atomic E-state index is 11.8. The molecule has 0 spiro atoms. The van der Waals surface area contributed by atoms with Gasteiger partial charge in [0.05, 0.1) is 41.0 Å². The minimum absolute atomic E-state index is 0.124. The van der Waals surface area contributed by atoms with Crippen molar-refractivity contribution in [1.29, 1.82) is 0 Å². The molecule has 4 rings (SSSR count). The van der Waals surface area contributed by atoms with Crippen LogP contribution in [-0.2, 0) is 10.1 Å². The molecule has 3 N–H and O–H groups in total. The van der Waals surface area contributed by atoms with Crippen LogP contribution in [0.25, 0.3) is 33.3 Å². The number of H-pyrrole nitrogens is 2. The van der Waals surface area contributed by atoms with Crippen LogP contribution in [-0.4, -0.2) is 47.6 Å². The number of aromatic amines is 2. The number of fused-ring (bicyclic) bond motifs is 2. The highest BCUT2D eigenvalue weighted by Crippen LogP contribution is 2.35. The molecule has 0 fully saturated rings. The van der Waals surface area contributed by atoms with Crippen LogP contribution < -0.4 is 8.92 Å². The molecule has 0 aliphatic carbocycles. The number of hydrogen-bond acceptors (Lipinski definition) is 7. The number of benzene rings is 2. The van der Waals surface area contributed by atoms with E-state index < -0.39 is 10.1 Å². The van der Waals surface area contributed by atoms with E-state index in [1.54, 1.807) is 18.2 Å². The van der Waals surface area contributed by atoms with Gasteiger partial charge in [0.1, 0.15) is 17.3 Å². The first kappa shape index (κ1) is 18.8. The Labute approximate surface area is 165 Å². The van der Waals surface area contributed by atoms with Crippen LogP contribution >= 0.6 is 0 Å². The van der Waals surface area contributed by atoms with E-state index in [2.05, 4.69) is 15.0 Å². The van der Waals surface area contributed by atoms with E-state index in [4.69, 9.17) is 8.92 Å². The Kier molecular flexibility index (Phi) is 4.23. The molecule has 29 heavy (non-hydrogen) atoms. The van der Waals surface area contributed by atoms with E-state index in [1.165, 1.54) is 26.2 Å². The van der Waals surface area contributed by atoms with Crippen LogP contribution in [0.15, 0.2) is 30.3 Å². The molecule has 2 aromatic heterocycles. The largest absolute Gasteiger partial charge is 0.496 e. The number of rotatable bonds is 5. The summed E-state index contributed by atoms with van der Waals surface area (Å²) in [6.07, 6.45) is 0.960. The highest BCUT2D eigenvalue weighted by Gasteiger charge is 2.18. The van der Waals surface area contributed by atoms with Gasteiger partial charge >= 0.3 is 10.1 Å². The van der Waals surface area contributed by atoms with E-state index in [9.17, 15) is 18.3 Å². The molecule has 0 bridgehead atoms. The summed E-state index contributed by atoms with van der Waals surface area (Å²) in [5.41, 5.74) is 2.68. The lowest BCUT2D eigenvalue weighted by Crippen LogP contribution is -2.05. The van der Waals surface area contributed by atoms with Crippen molar-refractivity contribution in [3.63, 3.8) is 0 Å². The fourth-order valence-electron chi connectivity index (χ4n) is 3.26. The van der Waals surface area contributed by atoms with Crippen molar-refractivity contribution in [2.45, 2.75) is 6.92 Å². The lowest BCUT2D eigenvalue weighted by molar-refractivity contribution is 0.101. The molecule has 0 unspecified atom stereocenters. The molecular formula is C19H17N3O6S. The van der Waals surface area contributed by atoms with Crippen molar-refractivity contribution in [3.8, 4) is 28.8 Å². The van der Waals surface area contributed by atoms with Crippen LogP contribution in [0.3, 0.4) is 0 Å². The second kappa shape index (κ2) is 6.52. The number of carbonyl (C=O) groups excluding carboxylic acids is 1. The van der Waals surface area contributed by atoms with Crippen molar-refractivity contribution in [2.75, 3.05) is 13.4 Å². The number of nitrogens with one attached hydrogen (secondary N) is 2. The Balaban J connectivity index is 1.84. The van der Waals surface area contributed by atoms with E-state index in [1.807, 2.05) is 0 Å². The van der Waals surface area contributed by atoms with E-state index >= 15 is 0 Å². The van der Waals surface area contributed by atoms with Crippen molar-refractivity contribution < 1.29 is 27.2 Å². The van der Waals surface area contributed by atoms with Gasteiger partial charge in [-0.25, -0.2) is 4.98 Å². The minimum atomic E-state index is -3.66. The van der Waals surface area contributed by atoms with Gasteiger partial charge in [0.25, 0.3) is 0 Å². The summed E-state index contributed by atoms with van der Waals surface area (Å²) in [5, 5.41) is 10.6. The Morgan fingerprint density at radius 3 is 2.55 bits per heavy atom. The first-order valence-corrected chi connectivity index (χ1v) is 10.3. The molecule has 9 nitrogen and oxygen atoms in total. The predicted octanol–water partition coefficient (Wildman–Crippen LogP) is 2.97. The zero-order chi connectivity index (χ0) is 20.9. The molecule has 0 aliphatic heterocycles. The highest BCUT2D eigenvalue weighted by atomic mass is 32.2. The van der Waals surface area contributed by atoms with Gasteiger partial charge in [-0.05, 0) is 31.2 Å². The molecule has 2 heterocycles. The Hall–Kier alpha value is -3.53. The molecule has 150 valence electrons. The lowest BCUT2D eigenvalue weighted by Gasteiger charge is -2.09. The molecular weight excluding hydrogens is 398 g/mol. The smallest absolute Gasteiger partial charge is 0.306 e. The quantitative estimate of drug-likeness (QED) is 0.337. The van der Waals surface area contributed by atoms with E-state index in [0.29, 0.717) is 39.1 Å². The molecule has 0 radical (unpaired) electrons. The fourth-order valence-corrected chi connectivity index (χ4v) is 3.72. The number of ether oxygens (including phenoxy) is 1. The zero-order valence-electron chi connectivity index (χ0n) is 15.7. The monoisotopic (exact) mass is 415 g/mol. The normalized spacial score (nSPS) is 11.8. The molecule has 10 heteroatoms. The minimum Gasteiger partial charge on any atom is -0.496 e. The number of nitrogens with zero attached hydrogens (tertiary/aromatic N) is 1. The molecule has 0 aliphatic rings. The molecule has 0 saturated carbocycles. The SMILES string of the molecule is COc1cc(OS(C)(=O)=O)ccc1-c1nc2cc3[nH]c(O)c(C(C)=O)c3cc2[nH]1. The maximum absolute atomic E-state index is 11.8.